The maximum absolute atomic E-state index is 10.5. The van der Waals surface area contributed by atoms with E-state index in [0.717, 1.165) is 0 Å². The van der Waals surface area contributed by atoms with Crippen molar-refractivity contribution in [3.05, 3.63) is 264 Å². The first-order valence-electron chi connectivity index (χ1n) is 32.3. The van der Waals surface area contributed by atoms with E-state index in [4.69, 9.17) is 34.8 Å². The summed E-state index contributed by atoms with van der Waals surface area (Å²) in [6, 6.07) is 35.6. The van der Waals surface area contributed by atoms with Crippen molar-refractivity contribution in [2.45, 2.75) is 26.2 Å². The highest BCUT2D eigenvalue weighted by Crippen LogP contribution is 2.51. The molecule has 4 nitrogen and oxygen atoms in total. The molecule has 0 aliphatic rings. The molecule has 2 aromatic heterocycles. The van der Waals surface area contributed by atoms with Crippen molar-refractivity contribution < 1.29 is 30.8 Å². The monoisotopic (exact) mass is 1040 g/mol. The van der Waals surface area contributed by atoms with Crippen LogP contribution in [0, 0.1) is 0 Å². The van der Waals surface area contributed by atoms with Gasteiger partial charge in [-0.2, -0.15) is 0 Å². The van der Waals surface area contributed by atoms with Gasteiger partial charge in [0.05, 0.1) is 33.3 Å². The van der Waals surface area contributed by atoms with Crippen molar-refractivity contribution in [3.63, 3.8) is 0 Å². The summed E-state index contributed by atoms with van der Waals surface area (Å²) in [4.78, 5) is 2.79. The fourth-order valence-electron chi connectivity index (χ4n) is 9.37. The third-order valence-electron chi connectivity index (χ3n) is 13.1. The van der Waals surface area contributed by atoms with Crippen LogP contribution in [0.2, 0.25) is 10.0 Å². The molecule has 0 radical (unpaired) electrons. The second-order valence-corrected chi connectivity index (χ2v) is 19.8. The smallest absolute Gasteiger partial charge is 0.159 e. The lowest BCUT2D eigenvalue weighted by Crippen LogP contribution is -2.18. The van der Waals surface area contributed by atoms with Gasteiger partial charge in [0, 0.05) is 54.3 Å². The van der Waals surface area contributed by atoms with Crippen LogP contribution < -0.4 is 9.80 Å². The second kappa shape index (κ2) is 19.2. The first kappa shape index (κ1) is 32.5. The van der Waals surface area contributed by atoms with E-state index >= 15 is 0 Å². The van der Waals surface area contributed by atoms with E-state index in [1.165, 1.54) is 21.9 Å². The van der Waals surface area contributed by atoms with Gasteiger partial charge in [0.2, 0.25) is 0 Å². The van der Waals surface area contributed by atoms with Gasteiger partial charge in [0.15, 0.2) is 11.2 Å². The molecule has 76 heavy (non-hydrogen) atoms. The number of anilines is 6. The average Bonchev–Trinajstić information content (AvgIpc) is 1.49. The van der Waals surface area contributed by atoms with Crippen molar-refractivity contribution in [2.75, 3.05) is 9.80 Å². The summed E-state index contributed by atoms with van der Waals surface area (Å²) < 4.78 is 168. The molecular weight excluding hydrogens is 972 g/mol. The Hall–Kier alpha value is -8.80. The molecule has 0 saturated carbocycles. The number of halogens is 2. The van der Waals surface area contributed by atoms with Gasteiger partial charge in [-0.25, -0.2) is 0 Å². The molecule has 0 fully saturated rings. The fourth-order valence-corrected chi connectivity index (χ4v) is 9.68. The largest absolute Gasteiger partial charge is 0.454 e. The minimum absolute atomic E-state index is 0.00777. The van der Waals surface area contributed by atoms with Crippen molar-refractivity contribution in [1.82, 2.24) is 0 Å². The zero-order chi connectivity index (χ0) is 65.4. The summed E-state index contributed by atoms with van der Waals surface area (Å²) in [6.45, 7) is 5.68. The Bertz CT molecular complexity index is 4940. The van der Waals surface area contributed by atoms with E-state index < -0.39 is 63.8 Å². The van der Waals surface area contributed by atoms with Gasteiger partial charge in [-0.05, 0) is 158 Å². The number of hydrogen-bond donors (Lipinski definition) is 0. The van der Waals surface area contributed by atoms with Crippen LogP contribution in [0.1, 0.15) is 48.3 Å². The SMILES string of the molecule is [2H]c1cc(N(c2cc(N(c3cc([2H])c([2H])c(Cl)c3[2H])c3c([2H])c(-c4ccccc4)c([2H])c4c3oc3c([2H])c([2H])c(-c5ccccc5)c([2H])c34)cc(C(C)(C)C)c2)c2c([2H])c(-c3ccccc3)c([2H])c3c2oc2c([2H])c([2H])c(-c4ccccc4)c([2H])c23)c([2H])c(Cl)c1[2H]. The van der Waals surface area contributed by atoms with Crippen molar-refractivity contribution >= 4 is 101 Å². The van der Waals surface area contributed by atoms with E-state index in [0.29, 0.717) is 27.8 Å². The zero-order valence-electron chi connectivity index (χ0n) is 56.9. The maximum Gasteiger partial charge on any atom is 0.159 e. The highest BCUT2D eigenvalue weighted by molar-refractivity contribution is 6.31. The van der Waals surface area contributed by atoms with Crippen LogP contribution in [0.15, 0.2) is 257 Å². The van der Waals surface area contributed by atoms with Crippen LogP contribution in [0.3, 0.4) is 0 Å². The zero-order valence-corrected chi connectivity index (χ0v) is 42.4. The number of hydrogen-bond acceptors (Lipinski definition) is 4. The van der Waals surface area contributed by atoms with Crippen molar-refractivity contribution in [2.24, 2.45) is 0 Å². The molecule has 13 aromatic rings. The molecule has 0 atom stereocenters. The third-order valence-corrected chi connectivity index (χ3v) is 13.4. The molecule has 0 spiro atoms. The number of rotatable bonds is 10. The molecule has 13 rings (SSSR count). The fraction of sp³-hybridized carbons (Fsp3) is 0.0571. The molecule has 2 heterocycles. The molecular formula is C70H50Cl2N2O2. The van der Waals surface area contributed by atoms with E-state index in [1.54, 1.807) is 140 Å². The van der Waals surface area contributed by atoms with Gasteiger partial charge >= 0.3 is 0 Å². The lowest BCUT2D eigenvalue weighted by atomic mass is 9.86. The van der Waals surface area contributed by atoms with Gasteiger partial charge in [-0.1, -0.05) is 189 Å². The first-order chi connectivity index (χ1) is 43.8. The maximum atomic E-state index is 10.5. The number of benzene rings is 11. The van der Waals surface area contributed by atoms with E-state index in [1.807, 2.05) is 20.8 Å². The van der Waals surface area contributed by atoms with Gasteiger partial charge in [0.25, 0.3) is 0 Å². The molecule has 0 unspecified atom stereocenters. The molecule has 6 heteroatoms. The minimum atomic E-state index is -0.892. The van der Waals surface area contributed by atoms with Crippen LogP contribution in [0.25, 0.3) is 88.4 Å². The Morgan fingerprint density at radius 2 is 0.737 bits per heavy atom. The predicted molar refractivity (Wildman–Crippen MR) is 321 cm³/mol. The Morgan fingerprint density at radius 1 is 0.368 bits per heavy atom. The van der Waals surface area contributed by atoms with Crippen LogP contribution in [-0.4, -0.2) is 0 Å². The molecule has 0 amide bonds. The molecule has 366 valence electrons. The summed E-state index contributed by atoms with van der Waals surface area (Å²) in [7, 11) is 0. The van der Waals surface area contributed by atoms with Crippen LogP contribution in [0.4, 0.5) is 34.1 Å². The third kappa shape index (κ3) is 8.75. The molecule has 0 aliphatic carbocycles. The van der Waals surface area contributed by atoms with Crippen LogP contribution in [0.5, 0.6) is 0 Å². The van der Waals surface area contributed by atoms with Gasteiger partial charge < -0.3 is 18.6 Å². The second-order valence-electron chi connectivity index (χ2n) is 19.1. The normalized spacial score (nSPS) is 14.7. The lowest BCUT2D eigenvalue weighted by molar-refractivity contribution is 0.590. The highest BCUT2D eigenvalue weighted by atomic mass is 35.5. The number of fused-ring (bicyclic) bond motifs is 6. The summed E-state index contributed by atoms with van der Waals surface area (Å²) >= 11 is 13.9. The number of nitrogens with zero attached hydrogens (tertiary/aromatic N) is 2. The summed E-state index contributed by atoms with van der Waals surface area (Å²) in [5.41, 5.74) is -0.401. The van der Waals surface area contributed by atoms with Crippen LogP contribution >= 0.6 is 23.2 Å². The topological polar surface area (TPSA) is 32.8 Å². The Labute approximate surface area is 474 Å². The average molecular weight is 1040 g/mol. The lowest BCUT2D eigenvalue weighted by Gasteiger charge is -2.32. The van der Waals surface area contributed by atoms with Crippen LogP contribution in [-0.2, 0) is 5.41 Å². The molecule has 11 aromatic carbocycles. The summed E-state index contributed by atoms with van der Waals surface area (Å²) in [6.07, 6.45) is 0. The van der Waals surface area contributed by atoms with Gasteiger partial charge in [-0.3, -0.25) is 0 Å². The molecule has 0 saturated heterocycles. The molecule has 0 aliphatic heterocycles. The quantitative estimate of drug-likeness (QED) is 0.137. The van der Waals surface area contributed by atoms with Gasteiger partial charge in [0.1, 0.15) is 11.2 Å². The molecule has 0 N–H and O–H groups in total. The van der Waals surface area contributed by atoms with Gasteiger partial charge in [-0.15, -0.1) is 0 Å². The standard InChI is InChI=1S/C70H50Cl2N2O2/c1-70(2,3)53-40-58(73(56-28-16-26-54(71)42-56)64-38-51(47-22-12-6-13-23-47)36-62-60-34-49(45-18-8-4-9-19-45)30-32-66(60)75-68(62)64)44-59(41-53)74(57-29-17-27-55(72)43-57)65-39-52(48-24-14-7-15-25-48)37-63-61-35-50(46-20-10-5-11-21-46)31-33-67(61)76-69(63)65/h4-44H,1-3H3/i16D,17D,26D,27D,30D,31D,32D,33D,34D,35D,36D,37D,38D,39D,42D,43D. The Kier molecular flexibility index (Phi) is 8.19. The van der Waals surface area contributed by atoms with Crippen molar-refractivity contribution in [3.8, 4) is 44.5 Å². The number of furan rings is 2. The Balaban J connectivity index is 1.23. The van der Waals surface area contributed by atoms with E-state index in [2.05, 4.69) is 0 Å². The van der Waals surface area contributed by atoms with E-state index in [9.17, 15) is 19.2 Å². The summed E-state index contributed by atoms with van der Waals surface area (Å²) in [5, 5.41) is -1.06. The van der Waals surface area contributed by atoms with Crippen molar-refractivity contribution in [1.29, 1.82) is 0 Å². The first-order valence-corrected chi connectivity index (χ1v) is 25.1. The predicted octanol–water partition coefficient (Wildman–Crippen LogP) is 21.7. The minimum Gasteiger partial charge on any atom is -0.454 e. The summed E-state index contributed by atoms with van der Waals surface area (Å²) in [5.74, 6) is 0. The van der Waals surface area contributed by atoms with E-state index in [-0.39, 0.29) is 149 Å². The molecule has 0 bridgehead atoms. The highest BCUT2D eigenvalue weighted by Gasteiger charge is 2.28. The Morgan fingerprint density at radius 3 is 1.12 bits per heavy atom.